The van der Waals surface area contributed by atoms with Gasteiger partial charge >= 0.3 is 0 Å². The normalized spacial score (nSPS) is 12.5. The topological polar surface area (TPSA) is 33.2 Å². The van der Waals surface area contributed by atoms with E-state index in [1.807, 2.05) is 14.0 Å². The Morgan fingerprint density at radius 3 is 2.73 bits per heavy atom. The molecule has 1 unspecified atom stereocenters. The van der Waals surface area contributed by atoms with E-state index in [0.29, 0.717) is 6.04 Å². The van der Waals surface area contributed by atoms with Gasteiger partial charge < -0.3 is 4.90 Å². The molecule has 15 heavy (non-hydrogen) atoms. The molecule has 0 aromatic carbocycles. The van der Waals surface area contributed by atoms with Crippen molar-refractivity contribution in [2.75, 3.05) is 11.9 Å². The van der Waals surface area contributed by atoms with Crippen LogP contribution in [0.2, 0.25) is 0 Å². The zero-order valence-corrected chi connectivity index (χ0v) is 10.6. The summed E-state index contributed by atoms with van der Waals surface area (Å²) in [5, 5.41) is 0.940. The van der Waals surface area contributed by atoms with Crippen LogP contribution in [0.4, 0.5) is 5.13 Å². The first-order valence-electron chi connectivity index (χ1n) is 5.25. The van der Waals surface area contributed by atoms with Gasteiger partial charge in [0.2, 0.25) is 0 Å². The average Bonchev–Trinajstić information content (AvgIpc) is 2.59. The van der Waals surface area contributed by atoms with Crippen molar-refractivity contribution in [3.63, 3.8) is 0 Å². The van der Waals surface area contributed by atoms with Crippen molar-refractivity contribution in [2.45, 2.75) is 39.7 Å². The Balaban J connectivity index is 2.81. The molecule has 1 atom stereocenters. The van der Waals surface area contributed by atoms with E-state index in [1.54, 1.807) is 0 Å². The van der Waals surface area contributed by atoms with Gasteiger partial charge in [0, 0.05) is 13.1 Å². The molecule has 1 aromatic rings. The van der Waals surface area contributed by atoms with Crippen molar-refractivity contribution in [2.24, 2.45) is 0 Å². The van der Waals surface area contributed by atoms with Gasteiger partial charge in [0.15, 0.2) is 11.4 Å². The summed E-state index contributed by atoms with van der Waals surface area (Å²) in [6.07, 6.45) is 3.19. The molecule has 84 valence electrons. The number of thiazole rings is 1. The lowest BCUT2D eigenvalue weighted by Crippen LogP contribution is -2.28. The van der Waals surface area contributed by atoms with E-state index < -0.39 is 0 Å². The lowest BCUT2D eigenvalue weighted by atomic mass is 10.2. The van der Waals surface area contributed by atoms with Crippen molar-refractivity contribution in [3.8, 4) is 0 Å². The molecule has 1 rings (SSSR count). The second-order valence-corrected chi connectivity index (χ2v) is 4.82. The van der Waals surface area contributed by atoms with Gasteiger partial charge in [0.05, 0.1) is 10.6 Å². The van der Waals surface area contributed by atoms with E-state index in [0.717, 1.165) is 34.8 Å². The van der Waals surface area contributed by atoms with Crippen LogP contribution in [0.5, 0.6) is 0 Å². The fourth-order valence-corrected chi connectivity index (χ4v) is 2.40. The van der Waals surface area contributed by atoms with E-state index in [9.17, 15) is 4.79 Å². The minimum atomic E-state index is 0.472. The Bertz CT molecular complexity index is 335. The highest BCUT2D eigenvalue weighted by atomic mass is 32.1. The molecule has 3 nitrogen and oxygen atoms in total. The van der Waals surface area contributed by atoms with E-state index in [-0.39, 0.29) is 0 Å². The molecule has 0 N–H and O–H groups in total. The maximum Gasteiger partial charge on any atom is 0.186 e. The van der Waals surface area contributed by atoms with Crippen LogP contribution < -0.4 is 4.90 Å². The molecule has 4 heteroatoms. The lowest BCUT2D eigenvalue weighted by Gasteiger charge is -2.23. The molecule has 1 heterocycles. The van der Waals surface area contributed by atoms with Crippen molar-refractivity contribution in [3.05, 3.63) is 10.6 Å². The van der Waals surface area contributed by atoms with Gasteiger partial charge in [-0.2, -0.15) is 0 Å². The quantitative estimate of drug-likeness (QED) is 0.724. The Morgan fingerprint density at radius 1 is 1.60 bits per heavy atom. The number of carbonyl (C=O) groups is 1. The Morgan fingerprint density at radius 2 is 2.27 bits per heavy atom. The van der Waals surface area contributed by atoms with Crippen LogP contribution in [0.15, 0.2) is 0 Å². The van der Waals surface area contributed by atoms with E-state index in [1.165, 1.54) is 11.3 Å². The highest BCUT2D eigenvalue weighted by Gasteiger charge is 2.14. The highest BCUT2D eigenvalue weighted by molar-refractivity contribution is 7.17. The van der Waals surface area contributed by atoms with Crippen LogP contribution in [-0.4, -0.2) is 24.4 Å². The largest absolute Gasteiger partial charge is 0.348 e. The predicted octanol–water partition coefficient (Wildman–Crippen LogP) is 2.89. The molecule has 0 amide bonds. The van der Waals surface area contributed by atoms with Gasteiger partial charge in [0.1, 0.15) is 0 Å². The summed E-state index contributed by atoms with van der Waals surface area (Å²) in [6.45, 7) is 6.23. The molecular weight excluding hydrogens is 208 g/mol. The third-order valence-corrected chi connectivity index (χ3v) is 3.77. The first kappa shape index (κ1) is 12.2. The van der Waals surface area contributed by atoms with Gasteiger partial charge in [0.25, 0.3) is 0 Å². The average molecular weight is 226 g/mol. The maximum absolute atomic E-state index is 10.7. The minimum absolute atomic E-state index is 0.472. The number of rotatable bonds is 5. The number of aromatic nitrogens is 1. The zero-order valence-electron chi connectivity index (χ0n) is 9.78. The monoisotopic (exact) mass is 226 g/mol. The van der Waals surface area contributed by atoms with Crippen LogP contribution in [0.1, 0.15) is 42.1 Å². The highest BCUT2D eigenvalue weighted by Crippen LogP contribution is 2.25. The SMILES string of the molecule is CCCC(C)N(C)c1nc(C)c(C=O)s1. The van der Waals surface area contributed by atoms with Gasteiger partial charge in [-0.3, -0.25) is 4.79 Å². The smallest absolute Gasteiger partial charge is 0.186 e. The predicted molar refractivity (Wildman–Crippen MR) is 65.0 cm³/mol. The maximum atomic E-state index is 10.7. The number of aryl methyl sites for hydroxylation is 1. The van der Waals surface area contributed by atoms with Crippen LogP contribution in [-0.2, 0) is 0 Å². The zero-order chi connectivity index (χ0) is 11.4. The summed E-state index contributed by atoms with van der Waals surface area (Å²) in [7, 11) is 2.03. The van der Waals surface area contributed by atoms with E-state index >= 15 is 0 Å². The number of carbonyl (C=O) groups excluding carboxylic acids is 1. The number of anilines is 1. The molecule has 0 saturated carbocycles. The number of hydrogen-bond acceptors (Lipinski definition) is 4. The summed E-state index contributed by atoms with van der Waals surface area (Å²) < 4.78 is 0. The molecule has 0 spiro atoms. The lowest BCUT2D eigenvalue weighted by molar-refractivity contribution is 0.112. The van der Waals surface area contributed by atoms with Gasteiger partial charge in [-0.05, 0) is 20.3 Å². The molecular formula is C11H18N2OS. The van der Waals surface area contributed by atoms with E-state index in [4.69, 9.17) is 0 Å². The van der Waals surface area contributed by atoms with Crippen LogP contribution >= 0.6 is 11.3 Å². The second-order valence-electron chi connectivity index (χ2n) is 3.81. The van der Waals surface area contributed by atoms with Crippen molar-refractivity contribution >= 4 is 22.8 Å². The minimum Gasteiger partial charge on any atom is -0.348 e. The number of nitrogens with zero attached hydrogens (tertiary/aromatic N) is 2. The fraction of sp³-hybridized carbons (Fsp3) is 0.636. The fourth-order valence-electron chi connectivity index (χ4n) is 1.45. The molecule has 1 aromatic heterocycles. The summed E-state index contributed by atoms with van der Waals surface area (Å²) >= 11 is 1.47. The van der Waals surface area contributed by atoms with Crippen LogP contribution in [0.3, 0.4) is 0 Å². The van der Waals surface area contributed by atoms with Gasteiger partial charge in [-0.15, -0.1) is 0 Å². The van der Waals surface area contributed by atoms with Crippen molar-refractivity contribution in [1.29, 1.82) is 0 Å². The molecule has 0 saturated heterocycles. The first-order valence-corrected chi connectivity index (χ1v) is 6.07. The Kier molecular flexibility index (Phi) is 4.27. The summed E-state index contributed by atoms with van der Waals surface area (Å²) in [5.74, 6) is 0. The molecule has 0 radical (unpaired) electrons. The summed E-state index contributed by atoms with van der Waals surface area (Å²) in [4.78, 5) is 18.0. The third kappa shape index (κ3) is 2.78. The standard InChI is InChI=1S/C11H18N2OS/c1-5-6-8(2)13(4)11-12-9(3)10(7-14)15-11/h7-8H,5-6H2,1-4H3. The molecule has 0 aliphatic heterocycles. The first-order chi connectivity index (χ1) is 7.10. The molecule has 0 aliphatic carbocycles. The summed E-state index contributed by atoms with van der Waals surface area (Å²) in [5.41, 5.74) is 0.834. The van der Waals surface area contributed by atoms with Crippen LogP contribution in [0, 0.1) is 6.92 Å². The second kappa shape index (κ2) is 5.26. The number of aldehydes is 1. The van der Waals surface area contributed by atoms with Crippen LogP contribution in [0.25, 0.3) is 0 Å². The summed E-state index contributed by atoms with van der Waals surface area (Å²) in [6, 6.07) is 0.472. The van der Waals surface area contributed by atoms with Crippen molar-refractivity contribution in [1.82, 2.24) is 4.98 Å². The molecule has 0 fully saturated rings. The Labute approximate surface area is 95.1 Å². The Hall–Kier alpha value is -0.900. The molecule has 0 aliphatic rings. The molecule has 0 bridgehead atoms. The van der Waals surface area contributed by atoms with Gasteiger partial charge in [-0.1, -0.05) is 24.7 Å². The van der Waals surface area contributed by atoms with Gasteiger partial charge in [-0.25, -0.2) is 4.98 Å². The third-order valence-electron chi connectivity index (χ3n) is 2.60. The van der Waals surface area contributed by atoms with E-state index in [2.05, 4.69) is 23.7 Å². The van der Waals surface area contributed by atoms with Crippen molar-refractivity contribution < 1.29 is 4.79 Å². The number of hydrogen-bond donors (Lipinski definition) is 0.